The van der Waals surface area contributed by atoms with Crippen molar-refractivity contribution in [1.82, 2.24) is 0 Å². The molecule has 0 aliphatic carbocycles. The number of fused-ring (bicyclic) bond motifs is 1. The predicted molar refractivity (Wildman–Crippen MR) is 106 cm³/mol. The molecule has 28 heavy (non-hydrogen) atoms. The first-order valence-corrected chi connectivity index (χ1v) is 9.07. The van der Waals surface area contributed by atoms with E-state index in [0.29, 0.717) is 34.5 Å². The molecule has 6 heteroatoms. The Morgan fingerprint density at radius 2 is 1.71 bits per heavy atom. The molecule has 1 heterocycles. The zero-order valence-electron chi connectivity index (χ0n) is 16.1. The number of ether oxygens (including phenoxy) is 3. The fourth-order valence-corrected chi connectivity index (χ4v) is 2.92. The van der Waals surface area contributed by atoms with Gasteiger partial charge in [-0.15, -0.1) is 0 Å². The van der Waals surface area contributed by atoms with E-state index in [0.717, 1.165) is 12.8 Å². The van der Waals surface area contributed by atoms with Crippen LogP contribution in [0.25, 0.3) is 11.0 Å². The van der Waals surface area contributed by atoms with E-state index in [1.165, 1.54) is 14.2 Å². The Hall–Kier alpha value is -3.28. The van der Waals surface area contributed by atoms with Crippen LogP contribution in [0.2, 0.25) is 0 Å². The highest BCUT2D eigenvalue weighted by Crippen LogP contribution is 2.30. The summed E-state index contributed by atoms with van der Waals surface area (Å²) in [6, 6.07) is 11.8. The quantitative estimate of drug-likeness (QED) is 0.446. The van der Waals surface area contributed by atoms with E-state index >= 15 is 0 Å². The lowest BCUT2D eigenvalue weighted by Gasteiger charge is -2.13. The normalized spacial score (nSPS) is 10.7. The Bertz CT molecular complexity index is 1030. The van der Waals surface area contributed by atoms with Crippen molar-refractivity contribution in [2.45, 2.75) is 26.2 Å². The Balaban J connectivity index is 2.08. The van der Waals surface area contributed by atoms with Gasteiger partial charge in [0.25, 0.3) is 0 Å². The van der Waals surface area contributed by atoms with Crippen molar-refractivity contribution in [3.8, 4) is 17.2 Å². The van der Waals surface area contributed by atoms with Gasteiger partial charge in [0.1, 0.15) is 17.1 Å². The van der Waals surface area contributed by atoms with E-state index in [1.807, 2.05) is 6.92 Å². The first-order chi connectivity index (χ1) is 13.6. The zero-order chi connectivity index (χ0) is 20.1. The Morgan fingerprint density at radius 3 is 2.36 bits per heavy atom. The Kier molecular flexibility index (Phi) is 5.99. The Labute approximate surface area is 162 Å². The van der Waals surface area contributed by atoms with Crippen LogP contribution in [0.4, 0.5) is 0 Å². The molecule has 0 aliphatic rings. The monoisotopic (exact) mass is 382 g/mol. The van der Waals surface area contributed by atoms with Crippen LogP contribution in [0.3, 0.4) is 0 Å². The summed E-state index contributed by atoms with van der Waals surface area (Å²) in [5.41, 5.74) is 0.510. The topological polar surface area (TPSA) is 75.0 Å². The number of carbonyl (C=O) groups excluding carboxylic acids is 1. The minimum Gasteiger partial charge on any atom is -0.497 e. The number of hydrogen-bond donors (Lipinski definition) is 0. The van der Waals surface area contributed by atoms with E-state index in [9.17, 15) is 9.59 Å². The van der Waals surface area contributed by atoms with Gasteiger partial charge < -0.3 is 18.6 Å². The molecule has 3 rings (SSSR count). The SMILES string of the molecule is CCCCc1c(OC(=O)c2cc(OC)cc(OC)c2)c2ccccc2oc1=O. The van der Waals surface area contributed by atoms with Gasteiger partial charge in [-0.1, -0.05) is 25.5 Å². The summed E-state index contributed by atoms with van der Waals surface area (Å²) < 4.78 is 21.5. The van der Waals surface area contributed by atoms with Crippen molar-refractivity contribution in [2.24, 2.45) is 0 Å². The lowest BCUT2D eigenvalue weighted by molar-refractivity contribution is 0.0734. The van der Waals surface area contributed by atoms with Crippen LogP contribution < -0.4 is 19.8 Å². The maximum atomic E-state index is 12.9. The number of carbonyl (C=O) groups is 1. The van der Waals surface area contributed by atoms with Crippen molar-refractivity contribution in [3.63, 3.8) is 0 Å². The van der Waals surface area contributed by atoms with Crippen LogP contribution in [0.15, 0.2) is 51.7 Å². The average molecular weight is 382 g/mol. The molecule has 0 saturated carbocycles. The van der Waals surface area contributed by atoms with Crippen molar-refractivity contribution in [1.29, 1.82) is 0 Å². The van der Waals surface area contributed by atoms with E-state index in [-0.39, 0.29) is 11.3 Å². The van der Waals surface area contributed by atoms with Crippen molar-refractivity contribution in [3.05, 3.63) is 64.0 Å². The third kappa shape index (κ3) is 4.01. The number of methoxy groups -OCH3 is 2. The third-order valence-electron chi connectivity index (χ3n) is 4.42. The van der Waals surface area contributed by atoms with Gasteiger partial charge in [0, 0.05) is 6.07 Å². The first kappa shape index (κ1) is 19.5. The summed E-state index contributed by atoms with van der Waals surface area (Å²) in [6.07, 6.45) is 2.14. The van der Waals surface area contributed by atoms with Gasteiger partial charge in [-0.2, -0.15) is 0 Å². The molecule has 0 saturated heterocycles. The molecule has 0 N–H and O–H groups in total. The second-order valence-corrected chi connectivity index (χ2v) is 6.29. The van der Waals surface area contributed by atoms with Gasteiger partial charge in [-0.3, -0.25) is 0 Å². The predicted octanol–water partition coefficient (Wildman–Crippen LogP) is 4.37. The Morgan fingerprint density at radius 1 is 1.04 bits per heavy atom. The smallest absolute Gasteiger partial charge is 0.343 e. The lowest BCUT2D eigenvalue weighted by Crippen LogP contribution is -2.16. The van der Waals surface area contributed by atoms with E-state index in [4.69, 9.17) is 18.6 Å². The first-order valence-electron chi connectivity index (χ1n) is 9.07. The van der Waals surface area contributed by atoms with Gasteiger partial charge in [-0.05, 0) is 37.1 Å². The molecule has 0 spiro atoms. The van der Waals surface area contributed by atoms with Gasteiger partial charge in [0.15, 0.2) is 5.75 Å². The largest absolute Gasteiger partial charge is 0.497 e. The molecule has 0 fully saturated rings. The second kappa shape index (κ2) is 8.61. The second-order valence-electron chi connectivity index (χ2n) is 6.29. The molecule has 6 nitrogen and oxygen atoms in total. The molecule has 0 bridgehead atoms. The number of benzene rings is 2. The average Bonchev–Trinajstić information content (AvgIpc) is 2.72. The van der Waals surface area contributed by atoms with Gasteiger partial charge >= 0.3 is 11.6 Å². The van der Waals surface area contributed by atoms with Crippen molar-refractivity contribution in [2.75, 3.05) is 14.2 Å². The maximum absolute atomic E-state index is 12.9. The van der Waals surface area contributed by atoms with Gasteiger partial charge in [-0.25, -0.2) is 9.59 Å². The molecule has 146 valence electrons. The standard InChI is InChI=1S/C22H22O6/c1-4-5-8-18-20(17-9-6-7-10-19(17)27-22(18)24)28-21(23)14-11-15(25-2)13-16(12-14)26-3/h6-7,9-13H,4-5,8H2,1-3H3. The molecular weight excluding hydrogens is 360 g/mol. The molecule has 0 aliphatic heterocycles. The summed E-state index contributed by atoms with van der Waals surface area (Å²) >= 11 is 0. The van der Waals surface area contributed by atoms with Crippen LogP contribution in [-0.4, -0.2) is 20.2 Å². The van der Waals surface area contributed by atoms with Gasteiger partial charge in [0.05, 0.1) is 30.7 Å². The third-order valence-corrected chi connectivity index (χ3v) is 4.42. The number of esters is 1. The minimum atomic E-state index is -0.606. The molecular formula is C22H22O6. The summed E-state index contributed by atoms with van der Waals surface area (Å²) in [6.45, 7) is 2.02. The summed E-state index contributed by atoms with van der Waals surface area (Å²) in [4.78, 5) is 25.3. The zero-order valence-corrected chi connectivity index (χ0v) is 16.1. The van der Waals surface area contributed by atoms with Crippen molar-refractivity contribution < 1.29 is 23.4 Å². The summed E-state index contributed by atoms with van der Waals surface area (Å²) in [7, 11) is 3.01. The highest BCUT2D eigenvalue weighted by molar-refractivity contribution is 5.95. The summed E-state index contributed by atoms with van der Waals surface area (Å²) in [5.74, 6) is 0.572. The number of rotatable bonds is 7. The molecule has 0 unspecified atom stereocenters. The maximum Gasteiger partial charge on any atom is 0.343 e. The fraction of sp³-hybridized carbons (Fsp3) is 0.273. The van der Waals surface area contributed by atoms with E-state index in [2.05, 4.69) is 0 Å². The van der Waals surface area contributed by atoms with Crippen LogP contribution in [0, 0.1) is 0 Å². The van der Waals surface area contributed by atoms with Gasteiger partial charge in [0.2, 0.25) is 0 Å². The van der Waals surface area contributed by atoms with Crippen molar-refractivity contribution >= 4 is 16.9 Å². The number of hydrogen-bond acceptors (Lipinski definition) is 6. The summed E-state index contributed by atoms with van der Waals surface area (Å²) in [5, 5.41) is 0.580. The number of para-hydroxylation sites is 1. The molecule has 2 aromatic carbocycles. The van der Waals surface area contributed by atoms with E-state index < -0.39 is 11.6 Å². The molecule has 0 amide bonds. The molecule has 1 aromatic heterocycles. The molecule has 0 atom stereocenters. The van der Waals surface area contributed by atoms with Crippen LogP contribution in [-0.2, 0) is 6.42 Å². The molecule has 0 radical (unpaired) electrons. The highest BCUT2D eigenvalue weighted by atomic mass is 16.5. The van der Waals surface area contributed by atoms with Crippen LogP contribution in [0.1, 0.15) is 35.7 Å². The fourth-order valence-electron chi connectivity index (χ4n) is 2.92. The molecule has 3 aromatic rings. The number of unbranched alkanes of at least 4 members (excludes halogenated alkanes) is 1. The minimum absolute atomic E-state index is 0.243. The lowest BCUT2D eigenvalue weighted by atomic mass is 10.1. The highest BCUT2D eigenvalue weighted by Gasteiger charge is 2.20. The van der Waals surface area contributed by atoms with Crippen LogP contribution >= 0.6 is 0 Å². The van der Waals surface area contributed by atoms with E-state index in [1.54, 1.807) is 42.5 Å². The van der Waals surface area contributed by atoms with Crippen LogP contribution in [0.5, 0.6) is 17.2 Å².